The average Bonchev–Trinajstić information content (AvgIpc) is 3.37. The molecule has 0 bridgehead atoms. The van der Waals surface area contributed by atoms with Crippen LogP contribution in [-0.4, -0.2) is 28.9 Å². The zero-order chi connectivity index (χ0) is 20.3. The van der Waals surface area contributed by atoms with Crippen LogP contribution < -0.4 is 4.74 Å². The van der Waals surface area contributed by atoms with Crippen molar-refractivity contribution < 1.29 is 14.2 Å². The smallest absolute Gasteiger partial charge is 0.215 e. The molecule has 0 spiro atoms. The lowest BCUT2D eigenvalue weighted by Gasteiger charge is -2.30. The molecule has 5 nitrogen and oxygen atoms in total. The maximum Gasteiger partial charge on any atom is 0.215 e. The molecule has 152 valence electrons. The molecule has 2 unspecified atom stereocenters. The number of hydrogen-bond acceptors (Lipinski definition) is 4. The lowest BCUT2D eigenvalue weighted by atomic mass is 10.1. The van der Waals surface area contributed by atoms with Crippen LogP contribution in [0.4, 0.5) is 0 Å². The van der Waals surface area contributed by atoms with Crippen LogP contribution >= 0.6 is 23.2 Å². The van der Waals surface area contributed by atoms with Crippen molar-refractivity contribution >= 4 is 23.2 Å². The molecule has 2 aromatic carbocycles. The van der Waals surface area contributed by atoms with Gasteiger partial charge in [-0.1, -0.05) is 48.3 Å². The van der Waals surface area contributed by atoms with Crippen LogP contribution in [-0.2, 0) is 28.2 Å². The summed E-state index contributed by atoms with van der Waals surface area (Å²) in [6, 6.07) is 13.4. The van der Waals surface area contributed by atoms with Gasteiger partial charge in [0.25, 0.3) is 0 Å². The SMILES string of the molecule is CCc1ccc(OCC2COC(Cn3ccnc3)(c3ccc(Cl)cc3Cl)O2)cc1. The Morgan fingerprint density at radius 2 is 2.03 bits per heavy atom. The molecule has 0 aliphatic carbocycles. The van der Waals surface area contributed by atoms with Crippen molar-refractivity contribution in [3.05, 3.63) is 82.4 Å². The van der Waals surface area contributed by atoms with Crippen LogP contribution in [0.1, 0.15) is 18.1 Å². The Kier molecular flexibility index (Phi) is 6.11. The first-order valence-electron chi connectivity index (χ1n) is 9.53. The number of halogens is 2. The van der Waals surface area contributed by atoms with Gasteiger partial charge in [-0.25, -0.2) is 4.98 Å². The highest BCUT2D eigenvalue weighted by Gasteiger charge is 2.45. The lowest BCUT2D eigenvalue weighted by Crippen LogP contribution is -2.34. The third-order valence-electron chi connectivity index (χ3n) is 4.92. The molecule has 4 rings (SSSR count). The maximum absolute atomic E-state index is 6.49. The summed E-state index contributed by atoms with van der Waals surface area (Å²) >= 11 is 12.6. The molecule has 0 amide bonds. The Labute approximate surface area is 180 Å². The van der Waals surface area contributed by atoms with Gasteiger partial charge in [-0.2, -0.15) is 0 Å². The van der Waals surface area contributed by atoms with Crippen molar-refractivity contribution in [2.45, 2.75) is 31.8 Å². The molecule has 29 heavy (non-hydrogen) atoms. The Morgan fingerprint density at radius 3 is 2.72 bits per heavy atom. The molecule has 0 N–H and O–H groups in total. The molecule has 1 aliphatic rings. The van der Waals surface area contributed by atoms with Crippen LogP contribution in [0, 0.1) is 0 Å². The van der Waals surface area contributed by atoms with Gasteiger partial charge in [-0.15, -0.1) is 0 Å². The Morgan fingerprint density at radius 1 is 1.21 bits per heavy atom. The van der Waals surface area contributed by atoms with E-state index < -0.39 is 5.79 Å². The van der Waals surface area contributed by atoms with Gasteiger partial charge in [0.05, 0.1) is 24.5 Å². The molecular formula is C22H22Cl2N2O3. The van der Waals surface area contributed by atoms with Gasteiger partial charge in [-0.05, 0) is 36.2 Å². The molecule has 1 aliphatic heterocycles. The summed E-state index contributed by atoms with van der Waals surface area (Å²) in [5.41, 5.74) is 2.00. The van der Waals surface area contributed by atoms with E-state index in [0.717, 1.165) is 17.7 Å². The second kappa shape index (κ2) is 8.76. The van der Waals surface area contributed by atoms with Crippen molar-refractivity contribution in [1.29, 1.82) is 0 Å². The van der Waals surface area contributed by atoms with Gasteiger partial charge < -0.3 is 18.8 Å². The summed E-state index contributed by atoms with van der Waals surface area (Å²) in [4.78, 5) is 4.11. The van der Waals surface area contributed by atoms with E-state index in [1.807, 2.05) is 29.0 Å². The third-order valence-corrected chi connectivity index (χ3v) is 5.47. The molecule has 7 heteroatoms. The Balaban J connectivity index is 1.51. The van der Waals surface area contributed by atoms with E-state index in [-0.39, 0.29) is 6.10 Å². The number of ether oxygens (including phenoxy) is 3. The summed E-state index contributed by atoms with van der Waals surface area (Å²) < 4.78 is 20.4. The Bertz CT molecular complexity index is 947. The molecule has 1 fully saturated rings. The number of nitrogens with zero attached hydrogens (tertiary/aromatic N) is 2. The second-order valence-electron chi connectivity index (χ2n) is 6.97. The maximum atomic E-state index is 6.49. The van der Waals surface area contributed by atoms with Crippen LogP contribution in [0.5, 0.6) is 5.75 Å². The molecule has 1 saturated heterocycles. The lowest BCUT2D eigenvalue weighted by molar-refractivity contribution is -0.189. The van der Waals surface area contributed by atoms with Crippen molar-refractivity contribution in [2.24, 2.45) is 0 Å². The summed E-state index contributed by atoms with van der Waals surface area (Å²) in [6.45, 7) is 3.31. The van der Waals surface area contributed by atoms with E-state index in [0.29, 0.717) is 29.8 Å². The van der Waals surface area contributed by atoms with Crippen molar-refractivity contribution in [3.8, 4) is 5.75 Å². The summed E-state index contributed by atoms with van der Waals surface area (Å²) in [5, 5.41) is 1.05. The number of rotatable bonds is 7. The first-order chi connectivity index (χ1) is 14.1. The predicted molar refractivity (Wildman–Crippen MR) is 113 cm³/mol. The molecule has 2 atom stereocenters. The van der Waals surface area contributed by atoms with Crippen LogP contribution in [0.15, 0.2) is 61.2 Å². The van der Waals surface area contributed by atoms with E-state index in [1.165, 1.54) is 5.56 Å². The number of aromatic nitrogens is 2. The minimum absolute atomic E-state index is 0.240. The van der Waals surface area contributed by atoms with E-state index in [9.17, 15) is 0 Å². The van der Waals surface area contributed by atoms with Crippen LogP contribution in [0.25, 0.3) is 0 Å². The number of aryl methyl sites for hydroxylation is 1. The molecule has 3 aromatic rings. The summed E-state index contributed by atoms with van der Waals surface area (Å²) in [5.74, 6) is -0.231. The van der Waals surface area contributed by atoms with Crippen molar-refractivity contribution in [1.82, 2.24) is 9.55 Å². The molecule has 0 saturated carbocycles. The number of benzene rings is 2. The van der Waals surface area contributed by atoms with Crippen LogP contribution in [0.3, 0.4) is 0 Å². The predicted octanol–water partition coefficient (Wildman–Crippen LogP) is 5.10. The first-order valence-corrected chi connectivity index (χ1v) is 10.3. The standard InChI is InChI=1S/C22H22Cl2N2O3/c1-2-16-3-6-18(7-4-16)27-12-19-13-28-22(29-19,14-26-10-9-25-15-26)20-8-5-17(23)11-21(20)24/h3-11,15,19H,2,12-14H2,1H3. The Hall–Kier alpha value is -2.05. The van der Waals surface area contributed by atoms with E-state index in [2.05, 4.69) is 24.0 Å². The van der Waals surface area contributed by atoms with E-state index in [1.54, 1.807) is 24.7 Å². The fourth-order valence-electron chi connectivity index (χ4n) is 3.39. The quantitative estimate of drug-likeness (QED) is 0.520. The molecular weight excluding hydrogens is 411 g/mol. The number of imidazole rings is 1. The highest BCUT2D eigenvalue weighted by Crippen LogP contribution is 2.40. The average molecular weight is 433 g/mol. The van der Waals surface area contributed by atoms with E-state index in [4.69, 9.17) is 37.4 Å². The zero-order valence-corrected chi connectivity index (χ0v) is 17.6. The number of hydrogen-bond donors (Lipinski definition) is 0. The fourth-order valence-corrected chi connectivity index (χ4v) is 3.94. The van der Waals surface area contributed by atoms with E-state index >= 15 is 0 Å². The zero-order valence-electron chi connectivity index (χ0n) is 16.1. The first kappa shape index (κ1) is 20.2. The molecule has 1 aromatic heterocycles. The van der Waals surface area contributed by atoms with Gasteiger partial charge in [0.15, 0.2) is 0 Å². The molecule has 2 heterocycles. The van der Waals surface area contributed by atoms with Crippen molar-refractivity contribution in [3.63, 3.8) is 0 Å². The third kappa shape index (κ3) is 4.59. The largest absolute Gasteiger partial charge is 0.491 e. The topological polar surface area (TPSA) is 45.5 Å². The summed E-state index contributed by atoms with van der Waals surface area (Å²) in [7, 11) is 0. The minimum Gasteiger partial charge on any atom is -0.491 e. The van der Waals surface area contributed by atoms with Gasteiger partial charge in [-0.3, -0.25) is 0 Å². The van der Waals surface area contributed by atoms with Gasteiger partial charge in [0, 0.05) is 23.0 Å². The van der Waals surface area contributed by atoms with Crippen molar-refractivity contribution in [2.75, 3.05) is 13.2 Å². The minimum atomic E-state index is -1.04. The molecule has 0 radical (unpaired) electrons. The highest BCUT2D eigenvalue weighted by atomic mass is 35.5. The fraction of sp³-hybridized carbons (Fsp3) is 0.318. The van der Waals surface area contributed by atoms with Gasteiger partial charge in [0.2, 0.25) is 5.79 Å². The van der Waals surface area contributed by atoms with Crippen LogP contribution in [0.2, 0.25) is 10.0 Å². The normalized spacial score (nSPS) is 21.4. The highest BCUT2D eigenvalue weighted by molar-refractivity contribution is 6.35. The summed E-state index contributed by atoms with van der Waals surface area (Å²) in [6.07, 6.45) is 6.05. The second-order valence-corrected chi connectivity index (χ2v) is 7.82. The monoisotopic (exact) mass is 432 g/mol. The van der Waals surface area contributed by atoms with Gasteiger partial charge in [0.1, 0.15) is 18.5 Å². The van der Waals surface area contributed by atoms with Gasteiger partial charge >= 0.3 is 0 Å².